The van der Waals surface area contributed by atoms with Gasteiger partial charge in [0.05, 0.1) is 11.4 Å². The lowest BCUT2D eigenvalue weighted by molar-refractivity contribution is 0.669. The Morgan fingerprint density at radius 2 is 1.02 bits per heavy atom. The number of rotatable bonds is 6. The number of para-hydroxylation sites is 2. The summed E-state index contributed by atoms with van der Waals surface area (Å²) in [5, 5.41) is 7.25. The summed E-state index contributed by atoms with van der Waals surface area (Å²) < 4.78 is 8.84. The summed E-state index contributed by atoms with van der Waals surface area (Å²) in [5.41, 5.74) is 12.0. The van der Waals surface area contributed by atoms with Gasteiger partial charge in [0.25, 0.3) is 0 Å². The first kappa shape index (κ1) is 31.6. The number of anilines is 3. The maximum Gasteiger partial charge on any atom is 0.135 e. The third-order valence-corrected chi connectivity index (χ3v) is 12.0. The average molecular weight is 720 g/mol. The van der Waals surface area contributed by atoms with Gasteiger partial charge in [-0.2, -0.15) is 0 Å². The fraction of sp³-hybridized carbons (Fsp3) is 0. The highest BCUT2D eigenvalue weighted by molar-refractivity contribution is 7.25. The third-order valence-electron chi connectivity index (χ3n) is 10.9. The van der Waals surface area contributed by atoms with Crippen molar-refractivity contribution in [2.75, 3.05) is 4.90 Å². The maximum absolute atomic E-state index is 6.27. The number of thiophene rings is 1. The van der Waals surface area contributed by atoms with Crippen molar-refractivity contribution in [3.63, 3.8) is 0 Å². The summed E-state index contributed by atoms with van der Waals surface area (Å²) in [6.45, 7) is 0. The fourth-order valence-corrected chi connectivity index (χ4v) is 9.28. The van der Waals surface area contributed by atoms with Gasteiger partial charge in [-0.25, -0.2) is 0 Å². The van der Waals surface area contributed by atoms with E-state index in [1.165, 1.54) is 42.1 Å². The van der Waals surface area contributed by atoms with Crippen LogP contribution in [0.1, 0.15) is 0 Å². The van der Waals surface area contributed by atoms with Crippen LogP contribution in [0.15, 0.2) is 205 Å². The molecule has 258 valence electrons. The molecular weight excluding hydrogens is 687 g/mol. The topological polar surface area (TPSA) is 16.4 Å². The highest BCUT2D eigenvalue weighted by Gasteiger charge is 2.23. The average Bonchev–Trinajstić information content (AvgIpc) is 3.82. The summed E-state index contributed by atoms with van der Waals surface area (Å²) >= 11 is 1.85. The molecule has 0 N–H and O–H groups in total. The lowest BCUT2D eigenvalue weighted by Crippen LogP contribution is -2.12. The van der Waals surface area contributed by atoms with Crippen LogP contribution >= 0.6 is 11.3 Å². The number of hydrogen-bond donors (Lipinski definition) is 0. The molecule has 0 saturated heterocycles. The van der Waals surface area contributed by atoms with Crippen molar-refractivity contribution in [1.82, 2.24) is 0 Å². The zero-order chi connectivity index (χ0) is 36.3. The van der Waals surface area contributed by atoms with Crippen molar-refractivity contribution in [3.8, 4) is 33.4 Å². The van der Waals surface area contributed by atoms with Gasteiger partial charge in [0, 0.05) is 47.8 Å². The van der Waals surface area contributed by atoms with Crippen LogP contribution in [-0.4, -0.2) is 0 Å². The van der Waals surface area contributed by atoms with Crippen LogP contribution in [0.3, 0.4) is 0 Å². The van der Waals surface area contributed by atoms with E-state index in [4.69, 9.17) is 4.42 Å². The second-order valence-corrected chi connectivity index (χ2v) is 15.2. The summed E-state index contributed by atoms with van der Waals surface area (Å²) in [6.07, 6.45) is 0. The fourth-order valence-electron chi connectivity index (χ4n) is 8.19. The van der Waals surface area contributed by atoms with E-state index in [2.05, 4.69) is 193 Å². The Kier molecular flexibility index (Phi) is 7.39. The van der Waals surface area contributed by atoms with Crippen molar-refractivity contribution < 1.29 is 4.42 Å². The molecule has 0 aliphatic carbocycles. The minimum atomic E-state index is 0.892. The minimum Gasteiger partial charge on any atom is -0.456 e. The molecule has 0 saturated carbocycles. The predicted molar refractivity (Wildman–Crippen MR) is 235 cm³/mol. The van der Waals surface area contributed by atoms with Crippen LogP contribution in [-0.2, 0) is 0 Å². The Morgan fingerprint density at radius 3 is 1.95 bits per heavy atom. The first-order valence-electron chi connectivity index (χ1n) is 18.7. The van der Waals surface area contributed by atoms with E-state index in [-0.39, 0.29) is 0 Å². The van der Waals surface area contributed by atoms with E-state index in [1.54, 1.807) is 0 Å². The van der Waals surface area contributed by atoms with Crippen molar-refractivity contribution in [2.45, 2.75) is 0 Å². The number of furan rings is 1. The molecule has 9 aromatic carbocycles. The monoisotopic (exact) mass is 719 g/mol. The Labute approximate surface area is 322 Å². The normalized spacial score (nSPS) is 11.6. The van der Waals surface area contributed by atoms with Gasteiger partial charge in [-0.1, -0.05) is 140 Å². The molecule has 11 rings (SSSR count). The predicted octanol–water partition coefficient (Wildman–Crippen LogP) is 15.6. The van der Waals surface area contributed by atoms with Gasteiger partial charge >= 0.3 is 0 Å². The molecule has 0 aliphatic rings. The SMILES string of the molecule is c1ccc(-c2ccc(-c3ccc4ccccc4c3)cc2N(c2ccc3sc4ccccc4c3c2)c2ccccc2-c2ccc3oc4ccccc4c3c2)cc1. The van der Waals surface area contributed by atoms with Gasteiger partial charge in [-0.05, 0) is 93.7 Å². The molecular formula is C52H33NOS. The van der Waals surface area contributed by atoms with E-state index in [1.807, 2.05) is 23.5 Å². The molecule has 3 heteroatoms. The minimum absolute atomic E-state index is 0.892. The van der Waals surface area contributed by atoms with E-state index >= 15 is 0 Å². The van der Waals surface area contributed by atoms with Gasteiger partial charge in [0.15, 0.2) is 0 Å². The zero-order valence-corrected chi connectivity index (χ0v) is 30.6. The van der Waals surface area contributed by atoms with E-state index in [0.717, 1.165) is 61.3 Å². The molecule has 0 fully saturated rings. The molecule has 0 bridgehead atoms. The molecule has 0 atom stereocenters. The molecule has 2 aromatic heterocycles. The Morgan fingerprint density at radius 1 is 0.345 bits per heavy atom. The number of hydrogen-bond acceptors (Lipinski definition) is 3. The molecule has 2 heterocycles. The Hall–Kier alpha value is -6.94. The van der Waals surface area contributed by atoms with Crippen molar-refractivity contribution >= 4 is 81.3 Å². The molecule has 0 aliphatic heterocycles. The van der Waals surface area contributed by atoms with Crippen molar-refractivity contribution in [3.05, 3.63) is 200 Å². The lowest BCUT2D eigenvalue weighted by atomic mass is 9.94. The van der Waals surface area contributed by atoms with Crippen molar-refractivity contribution in [1.29, 1.82) is 0 Å². The summed E-state index contributed by atoms with van der Waals surface area (Å²) in [6, 6.07) is 72.5. The van der Waals surface area contributed by atoms with Gasteiger partial charge in [-0.15, -0.1) is 11.3 Å². The van der Waals surface area contributed by atoms with Gasteiger partial charge in [0.1, 0.15) is 11.2 Å². The van der Waals surface area contributed by atoms with E-state index < -0.39 is 0 Å². The van der Waals surface area contributed by atoms with Gasteiger partial charge in [-0.3, -0.25) is 0 Å². The smallest absolute Gasteiger partial charge is 0.135 e. The van der Waals surface area contributed by atoms with Crippen LogP contribution in [0.2, 0.25) is 0 Å². The summed E-state index contributed by atoms with van der Waals surface area (Å²) in [4.78, 5) is 2.48. The zero-order valence-electron chi connectivity index (χ0n) is 29.8. The Bertz CT molecular complexity index is 3230. The number of benzene rings is 9. The Balaban J connectivity index is 1.19. The van der Waals surface area contributed by atoms with Crippen LogP contribution < -0.4 is 4.90 Å². The number of fused-ring (bicyclic) bond motifs is 7. The highest BCUT2D eigenvalue weighted by atomic mass is 32.1. The van der Waals surface area contributed by atoms with Crippen LogP contribution in [0.25, 0.3) is 86.3 Å². The largest absolute Gasteiger partial charge is 0.456 e. The second kappa shape index (κ2) is 12.9. The van der Waals surface area contributed by atoms with Crippen molar-refractivity contribution in [2.24, 2.45) is 0 Å². The first-order chi connectivity index (χ1) is 27.2. The van der Waals surface area contributed by atoms with Gasteiger partial charge < -0.3 is 9.32 Å². The van der Waals surface area contributed by atoms with Crippen LogP contribution in [0.4, 0.5) is 17.1 Å². The first-order valence-corrected chi connectivity index (χ1v) is 19.5. The third kappa shape index (κ3) is 5.40. The molecule has 0 unspecified atom stereocenters. The highest BCUT2D eigenvalue weighted by Crippen LogP contribution is 2.48. The van der Waals surface area contributed by atoms with E-state index in [0.29, 0.717) is 0 Å². The molecule has 11 aromatic rings. The summed E-state index contributed by atoms with van der Waals surface area (Å²) in [5.74, 6) is 0. The lowest BCUT2D eigenvalue weighted by Gasteiger charge is -2.30. The van der Waals surface area contributed by atoms with Crippen LogP contribution in [0, 0.1) is 0 Å². The number of nitrogens with zero attached hydrogens (tertiary/aromatic N) is 1. The maximum atomic E-state index is 6.27. The second-order valence-electron chi connectivity index (χ2n) is 14.1. The quantitative estimate of drug-likeness (QED) is 0.170. The summed E-state index contributed by atoms with van der Waals surface area (Å²) in [7, 11) is 0. The molecule has 2 nitrogen and oxygen atoms in total. The van der Waals surface area contributed by atoms with Crippen LogP contribution in [0.5, 0.6) is 0 Å². The molecule has 55 heavy (non-hydrogen) atoms. The molecule has 0 amide bonds. The van der Waals surface area contributed by atoms with E-state index in [9.17, 15) is 0 Å². The molecule has 0 spiro atoms. The standard InChI is InChI=1S/C52H33NOS/c1-2-13-35(14-3-1)42-27-24-38(37-23-22-34-12-4-5-15-36(34)30-37)32-48(42)53(40-26-29-52-46(33-40)44-18-8-11-21-51(44)55-52)47-19-9-6-16-41(47)39-25-28-50-45(31-39)43-17-7-10-20-49(43)54-50/h1-33H. The molecule has 0 radical (unpaired) electrons. The van der Waals surface area contributed by atoms with Gasteiger partial charge in [0.2, 0.25) is 0 Å².